The van der Waals surface area contributed by atoms with Gasteiger partial charge in [0, 0.05) is 0 Å². The lowest BCUT2D eigenvalue weighted by Crippen LogP contribution is -2.01. The van der Waals surface area contributed by atoms with Gasteiger partial charge in [-0.2, -0.15) is 5.26 Å². The molecule has 0 spiro atoms. The van der Waals surface area contributed by atoms with Crippen LogP contribution >= 0.6 is 16.1 Å². The Morgan fingerprint density at radius 1 is 1.50 bits per heavy atom. The molecule has 1 rings (SSSR count). The fourth-order valence-electron chi connectivity index (χ4n) is 1.06. The maximum Gasteiger partial charge on any atom is 0.195 e. The van der Waals surface area contributed by atoms with Gasteiger partial charge in [0.25, 0.3) is 0 Å². The van der Waals surface area contributed by atoms with Crippen molar-refractivity contribution in [3.63, 3.8) is 0 Å². The highest BCUT2D eigenvalue weighted by Gasteiger charge is 2.04. The Balaban J connectivity index is 3.06. The van der Waals surface area contributed by atoms with Gasteiger partial charge in [-0.15, -0.1) is 0 Å². The zero-order valence-electron chi connectivity index (χ0n) is 6.79. The number of benzene rings is 1. The normalized spacial score (nSPS) is 9.08. The van der Waals surface area contributed by atoms with E-state index in [2.05, 4.69) is 23.1 Å². The van der Waals surface area contributed by atoms with Crippen LogP contribution in [0.15, 0.2) is 24.3 Å². The molecule has 0 bridgehead atoms. The third kappa shape index (κ3) is 1.77. The van der Waals surface area contributed by atoms with E-state index in [0.717, 1.165) is 17.7 Å². The first-order valence-corrected chi connectivity index (χ1v) is 4.44. The van der Waals surface area contributed by atoms with Crippen LogP contribution < -0.4 is 3.93 Å². The number of anilines is 1. The molecule has 0 N–H and O–H groups in total. The molecule has 0 aromatic heterocycles. The number of rotatable bonds is 2. The molecule has 1 aromatic carbocycles. The van der Waals surface area contributed by atoms with Gasteiger partial charge in [0.2, 0.25) is 0 Å². The zero-order valence-corrected chi connectivity index (χ0v) is 8.37. The number of hydrogen-bond donors (Lipinski definition) is 0. The lowest BCUT2D eigenvalue weighted by molar-refractivity contribution is 1.13. The SMILES string of the molecule is CCc1ccccc1N(Br)C#N. The molecule has 0 amide bonds. The van der Waals surface area contributed by atoms with E-state index in [0.29, 0.717) is 0 Å². The highest BCUT2D eigenvalue weighted by atomic mass is 79.9. The Hall–Kier alpha value is -1.01. The average molecular weight is 225 g/mol. The van der Waals surface area contributed by atoms with Gasteiger partial charge in [0.05, 0.1) is 21.8 Å². The van der Waals surface area contributed by atoms with Crippen molar-refractivity contribution in [2.45, 2.75) is 13.3 Å². The van der Waals surface area contributed by atoms with Gasteiger partial charge < -0.3 is 0 Å². The van der Waals surface area contributed by atoms with E-state index < -0.39 is 0 Å². The summed E-state index contributed by atoms with van der Waals surface area (Å²) in [6.45, 7) is 2.07. The maximum absolute atomic E-state index is 8.64. The van der Waals surface area contributed by atoms with E-state index in [-0.39, 0.29) is 0 Å². The quantitative estimate of drug-likeness (QED) is 0.439. The number of nitriles is 1. The molecule has 0 atom stereocenters. The van der Waals surface area contributed by atoms with Crippen molar-refractivity contribution in [1.29, 1.82) is 5.26 Å². The van der Waals surface area contributed by atoms with Crippen LogP contribution in [0.5, 0.6) is 0 Å². The van der Waals surface area contributed by atoms with Crippen LogP contribution in [0.2, 0.25) is 0 Å². The summed E-state index contributed by atoms with van der Waals surface area (Å²) in [6, 6.07) is 7.82. The smallest absolute Gasteiger partial charge is 0.195 e. The average Bonchev–Trinajstić information content (AvgIpc) is 2.16. The number of hydrogen-bond acceptors (Lipinski definition) is 2. The van der Waals surface area contributed by atoms with E-state index in [1.54, 1.807) is 0 Å². The molecule has 62 valence electrons. The monoisotopic (exact) mass is 224 g/mol. The Bertz CT molecular complexity index is 304. The van der Waals surface area contributed by atoms with Gasteiger partial charge in [-0.3, -0.25) is 0 Å². The minimum Gasteiger partial charge on any atom is -0.212 e. The first-order chi connectivity index (χ1) is 5.79. The second-order valence-corrected chi connectivity index (χ2v) is 3.07. The Morgan fingerprint density at radius 2 is 2.17 bits per heavy atom. The minimum atomic E-state index is 0.919. The van der Waals surface area contributed by atoms with Gasteiger partial charge >= 0.3 is 0 Å². The number of halogens is 1. The molecule has 0 aliphatic heterocycles. The van der Waals surface area contributed by atoms with Crippen LogP contribution in [0.3, 0.4) is 0 Å². The van der Waals surface area contributed by atoms with Crippen LogP contribution in [-0.2, 0) is 6.42 Å². The highest BCUT2D eigenvalue weighted by Crippen LogP contribution is 2.22. The van der Waals surface area contributed by atoms with Crippen LogP contribution in [0, 0.1) is 11.5 Å². The molecular weight excluding hydrogens is 216 g/mol. The van der Waals surface area contributed by atoms with E-state index in [4.69, 9.17) is 5.26 Å². The maximum atomic E-state index is 8.64. The first kappa shape index (κ1) is 9.08. The lowest BCUT2D eigenvalue weighted by Gasteiger charge is -2.10. The first-order valence-electron chi connectivity index (χ1n) is 3.73. The van der Waals surface area contributed by atoms with E-state index in [1.807, 2.05) is 30.5 Å². The molecule has 0 radical (unpaired) electrons. The van der Waals surface area contributed by atoms with E-state index in [9.17, 15) is 0 Å². The van der Waals surface area contributed by atoms with Crippen molar-refractivity contribution in [3.8, 4) is 6.19 Å². The standard InChI is InChI=1S/C9H9BrN2/c1-2-8-5-3-4-6-9(8)12(10)7-11/h3-6H,2H2,1H3. The van der Waals surface area contributed by atoms with Crippen molar-refractivity contribution >= 4 is 21.8 Å². The van der Waals surface area contributed by atoms with E-state index >= 15 is 0 Å². The Labute approximate surface area is 80.8 Å². The van der Waals surface area contributed by atoms with Gasteiger partial charge in [-0.05, 0) is 18.1 Å². The third-order valence-electron chi connectivity index (χ3n) is 1.67. The van der Waals surface area contributed by atoms with E-state index in [1.165, 1.54) is 3.93 Å². The van der Waals surface area contributed by atoms with Crippen molar-refractivity contribution in [2.75, 3.05) is 3.93 Å². The summed E-state index contributed by atoms with van der Waals surface area (Å²) < 4.78 is 1.39. The summed E-state index contributed by atoms with van der Waals surface area (Å²) in [5.74, 6) is 0. The Morgan fingerprint density at radius 3 is 2.75 bits per heavy atom. The zero-order chi connectivity index (χ0) is 8.97. The molecule has 0 fully saturated rings. The van der Waals surface area contributed by atoms with Crippen LogP contribution in [0.1, 0.15) is 12.5 Å². The van der Waals surface area contributed by atoms with Crippen molar-refractivity contribution < 1.29 is 0 Å². The number of para-hydroxylation sites is 1. The molecule has 0 aliphatic rings. The van der Waals surface area contributed by atoms with Crippen LogP contribution in [0.4, 0.5) is 5.69 Å². The summed E-state index contributed by atoms with van der Waals surface area (Å²) >= 11 is 3.15. The molecule has 0 saturated carbocycles. The Kier molecular flexibility index (Phi) is 3.12. The second-order valence-electron chi connectivity index (χ2n) is 2.36. The second kappa shape index (κ2) is 4.13. The van der Waals surface area contributed by atoms with Gasteiger partial charge in [-0.25, -0.2) is 3.93 Å². The predicted molar refractivity (Wildman–Crippen MR) is 52.8 cm³/mol. The number of nitrogens with zero attached hydrogens (tertiary/aromatic N) is 2. The summed E-state index contributed by atoms with van der Waals surface area (Å²) in [5.41, 5.74) is 2.08. The molecular formula is C9H9BrN2. The highest BCUT2D eigenvalue weighted by molar-refractivity contribution is 9.10. The lowest BCUT2D eigenvalue weighted by atomic mass is 10.1. The minimum absolute atomic E-state index is 0.919. The van der Waals surface area contributed by atoms with Crippen molar-refractivity contribution in [2.24, 2.45) is 0 Å². The third-order valence-corrected chi connectivity index (χ3v) is 2.21. The molecule has 12 heavy (non-hydrogen) atoms. The molecule has 0 heterocycles. The molecule has 0 aliphatic carbocycles. The van der Waals surface area contributed by atoms with Gasteiger partial charge in [0.15, 0.2) is 6.19 Å². The molecule has 0 unspecified atom stereocenters. The molecule has 1 aromatic rings. The van der Waals surface area contributed by atoms with Crippen LogP contribution in [0.25, 0.3) is 0 Å². The van der Waals surface area contributed by atoms with Gasteiger partial charge in [0.1, 0.15) is 0 Å². The van der Waals surface area contributed by atoms with Gasteiger partial charge in [-0.1, -0.05) is 25.1 Å². The summed E-state index contributed by atoms with van der Waals surface area (Å²) in [6.07, 6.45) is 2.94. The van der Waals surface area contributed by atoms with Crippen molar-refractivity contribution in [1.82, 2.24) is 0 Å². The largest absolute Gasteiger partial charge is 0.212 e. The van der Waals surface area contributed by atoms with Crippen LogP contribution in [-0.4, -0.2) is 0 Å². The number of aryl methyl sites for hydroxylation is 1. The predicted octanol–water partition coefficient (Wildman–Crippen LogP) is 2.85. The topological polar surface area (TPSA) is 27.0 Å². The molecule has 3 heteroatoms. The molecule has 2 nitrogen and oxygen atoms in total. The summed E-state index contributed by atoms with van der Waals surface area (Å²) in [5, 5.41) is 8.64. The fourth-order valence-corrected chi connectivity index (χ4v) is 1.40. The summed E-state index contributed by atoms with van der Waals surface area (Å²) in [4.78, 5) is 0. The molecule has 0 saturated heterocycles. The van der Waals surface area contributed by atoms with Crippen molar-refractivity contribution in [3.05, 3.63) is 29.8 Å². The summed E-state index contributed by atoms with van der Waals surface area (Å²) in [7, 11) is 0. The fraction of sp³-hybridized carbons (Fsp3) is 0.222.